The summed E-state index contributed by atoms with van der Waals surface area (Å²) in [6.07, 6.45) is 4.76. The van der Waals surface area contributed by atoms with Crippen LogP contribution in [0, 0.1) is 0 Å². The van der Waals surface area contributed by atoms with E-state index in [1.54, 1.807) is 24.6 Å². The number of hydrogen-bond donors (Lipinski definition) is 1. The number of methoxy groups -OCH3 is 1. The Morgan fingerprint density at radius 2 is 1.76 bits per heavy atom. The van der Waals surface area contributed by atoms with Gasteiger partial charge in [-0.3, -0.25) is 4.40 Å². The largest absolute Gasteiger partial charge is 0.493 e. The van der Waals surface area contributed by atoms with Gasteiger partial charge >= 0.3 is 0 Å². The van der Waals surface area contributed by atoms with Crippen molar-refractivity contribution in [3.8, 4) is 34.1 Å². The number of anilines is 2. The van der Waals surface area contributed by atoms with Gasteiger partial charge in [-0.05, 0) is 68.0 Å². The van der Waals surface area contributed by atoms with E-state index < -0.39 is 0 Å². The molecular formula is C33H32N6O2S. The Kier molecular flexibility index (Phi) is 8.12. The molecule has 0 saturated heterocycles. The van der Waals surface area contributed by atoms with Gasteiger partial charge in [0.15, 0.2) is 16.5 Å². The van der Waals surface area contributed by atoms with Gasteiger partial charge in [0.05, 0.1) is 18.5 Å². The lowest BCUT2D eigenvalue weighted by Gasteiger charge is -2.13. The maximum atomic E-state index is 6.09. The highest BCUT2D eigenvalue weighted by molar-refractivity contribution is 7.15. The zero-order chi connectivity index (χ0) is 28.9. The number of fused-ring (bicyclic) bond motifs is 1. The lowest BCUT2D eigenvalue weighted by atomic mass is 10.1. The first kappa shape index (κ1) is 27.4. The van der Waals surface area contributed by atoms with Crippen LogP contribution in [0.1, 0.15) is 11.1 Å². The highest BCUT2D eigenvalue weighted by atomic mass is 32.1. The normalized spacial score (nSPS) is 11.2. The molecule has 1 N–H and O–H groups in total. The molecule has 8 nitrogen and oxygen atoms in total. The summed E-state index contributed by atoms with van der Waals surface area (Å²) in [5.41, 5.74) is 6.67. The zero-order valence-corrected chi connectivity index (χ0v) is 24.6. The molecule has 3 heterocycles. The zero-order valence-electron chi connectivity index (χ0n) is 23.8. The van der Waals surface area contributed by atoms with E-state index in [9.17, 15) is 0 Å². The molecule has 0 bridgehead atoms. The van der Waals surface area contributed by atoms with Crippen molar-refractivity contribution in [1.82, 2.24) is 24.3 Å². The molecule has 3 aromatic carbocycles. The predicted molar refractivity (Wildman–Crippen MR) is 169 cm³/mol. The van der Waals surface area contributed by atoms with Crippen LogP contribution in [0.3, 0.4) is 0 Å². The van der Waals surface area contributed by atoms with Crippen molar-refractivity contribution in [2.24, 2.45) is 0 Å². The predicted octanol–water partition coefficient (Wildman–Crippen LogP) is 6.96. The Morgan fingerprint density at radius 3 is 2.60 bits per heavy atom. The third-order valence-corrected chi connectivity index (χ3v) is 7.62. The summed E-state index contributed by atoms with van der Waals surface area (Å²) in [6, 6.07) is 26.3. The molecule has 0 aliphatic carbocycles. The number of rotatable bonds is 11. The highest BCUT2D eigenvalue weighted by Crippen LogP contribution is 2.38. The van der Waals surface area contributed by atoms with Gasteiger partial charge in [0.25, 0.3) is 0 Å². The molecule has 0 aliphatic heterocycles. The van der Waals surface area contributed by atoms with Crippen molar-refractivity contribution in [3.63, 3.8) is 0 Å². The lowest BCUT2D eigenvalue weighted by Crippen LogP contribution is -2.15. The van der Waals surface area contributed by atoms with E-state index in [0.717, 1.165) is 51.8 Å². The smallest absolute Gasteiger partial charge is 0.227 e. The van der Waals surface area contributed by atoms with Gasteiger partial charge in [-0.25, -0.2) is 15.0 Å². The summed E-state index contributed by atoms with van der Waals surface area (Å²) in [5.74, 6) is 1.84. The molecule has 3 aromatic heterocycles. The molecule has 0 unspecified atom stereocenters. The first-order valence-electron chi connectivity index (χ1n) is 13.7. The summed E-state index contributed by atoms with van der Waals surface area (Å²) in [4.78, 5) is 17.5. The third kappa shape index (κ3) is 6.12. The molecule has 0 aliphatic rings. The maximum absolute atomic E-state index is 6.09. The van der Waals surface area contributed by atoms with E-state index in [2.05, 4.69) is 51.9 Å². The second-order valence-corrected chi connectivity index (χ2v) is 11.0. The molecular weight excluding hydrogens is 544 g/mol. The summed E-state index contributed by atoms with van der Waals surface area (Å²) in [5, 5.41) is 5.41. The summed E-state index contributed by atoms with van der Waals surface area (Å²) >= 11 is 1.58. The van der Waals surface area contributed by atoms with Crippen LogP contribution in [0.4, 0.5) is 11.6 Å². The molecule has 6 aromatic rings. The van der Waals surface area contributed by atoms with Gasteiger partial charge in [0.2, 0.25) is 5.95 Å². The Labute approximate surface area is 249 Å². The van der Waals surface area contributed by atoms with Crippen LogP contribution in [0.5, 0.6) is 11.5 Å². The Bertz CT molecular complexity index is 1800. The fraction of sp³-hybridized carbons (Fsp3) is 0.182. The molecule has 0 saturated carbocycles. The molecule has 0 radical (unpaired) electrons. The fourth-order valence-electron chi connectivity index (χ4n) is 4.74. The van der Waals surface area contributed by atoms with Crippen molar-refractivity contribution >= 4 is 27.9 Å². The Morgan fingerprint density at radius 1 is 0.905 bits per heavy atom. The second kappa shape index (κ2) is 12.4. The minimum Gasteiger partial charge on any atom is -0.493 e. The van der Waals surface area contributed by atoms with E-state index >= 15 is 0 Å². The fourth-order valence-corrected chi connectivity index (χ4v) is 5.45. The van der Waals surface area contributed by atoms with Crippen LogP contribution in [0.2, 0.25) is 0 Å². The lowest BCUT2D eigenvalue weighted by molar-refractivity contribution is 0.284. The van der Waals surface area contributed by atoms with E-state index in [-0.39, 0.29) is 0 Å². The Hall–Kier alpha value is -4.73. The van der Waals surface area contributed by atoms with Crippen molar-refractivity contribution < 1.29 is 9.47 Å². The number of thiazole rings is 1. The second-order valence-electron chi connectivity index (χ2n) is 10.1. The quantitative estimate of drug-likeness (QED) is 0.179. The van der Waals surface area contributed by atoms with Crippen molar-refractivity contribution in [1.29, 1.82) is 0 Å². The van der Waals surface area contributed by atoms with Gasteiger partial charge in [-0.15, -0.1) is 11.3 Å². The highest BCUT2D eigenvalue weighted by Gasteiger charge is 2.20. The average Bonchev–Trinajstić information content (AvgIpc) is 3.62. The van der Waals surface area contributed by atoms with Crippen LogP contribution < -0.4 is 14.8 Å². The minimum absolute atomic E-state index is 0.456. The van der Waals surface area contributed by atoms with E-state index in [0.29, 0.717) is 24.1 Å². The van der Waals surface area contributed by atoms with E-state index in [1.165, 1.54) is 5.56 Å². The van der Waals surface area contributed by atoms with E-state index in [4.69, 9.17) is 19.4 Å². The van der Waals surface area contributed by atoms with Gasteiger partial charge < -0.3 is 19.7 Å². The van der Waals surface area contributed by atoms with Crippen LogP contribution in [-0.2, 0) is 13.0 Å². The number of ether oxygens (including phenoxy) is 2. The molecule has 9 heteroatoms. The summed E-state index contributed by atoms with van der Waals surface area (Å²) in [6.45, 7) is 1.44. The number of likely N-dealkylation sites (N-methyl/N-ethyl adjacent to an activating group) is 1. The third-order valence-electron chi connectivity index (χ3n) is 6.87. The monoisotopic (exact) mass is 576 g/mol. The SMILES string of the molecule is COc1cc(-c2nc3sccn3c2-c2ccnc(Nc3cccc(CCN(C)C)c3)n2)ccc1OCc1ccccc1. The molecule has 0 fully saturated rings. The number of aromatic nitrogens is 4. The molecule has 6 rings (SSSR count). The number of nitrogens with one attached hydrogen (secondary N) is 1. The molecule has 0 atom stereocenters. The number of benzene rings is 3. The van der Waals surface area contributed by atoms with Gasteiger partial charge in [0.1, 0.15) is 12.3 Å². The van der Waals surface area contributed by atoms with Crippen LogP contribution in [0.25, 0.3) is 27.6 Å². The van der Waals surface area contributed by atoms with Gasteiger partial charge in [0, 0.05) is 35.6 Å². The molecule has 0 amide bonds. The van der Waals surface area contributed by atoms with Crippen LogP contribution in [-0.4, -0.2) is 52.0 Å². The number of nitrogens with zero attached hydrogens (tertiary/aromatic N) is 5. The molecule has 212 valence electrons. The van der Waals surface area contributed by atoms with Gasteiger partial charge in [-0.2, -0.15) is 0 Å². The maximum Gasteiger partial charge on any atom is 0.227 e. The summed E-state index contributed by atoms with van der Waals surface area (Å²) < 4.78 is 13.9. The summed E-state index contributed by atoms with van der Waals surface area (Å²) in [7, 11) is 5.82. The average molecular weight is 577 g/mol. The molecule has 42 heavy (non-hydrogen) atoms. The number of hydrogen-bond acceptors (Lipinski definition) is 8. The van der Waals surface area contributed by atoms with Crippen LogP contribution >= 0.6 is 11.3 Å². The van der Waals surface area contributed by atoms with Gasteiger partial charge in [-0.1, -0.05) is 42.5 Å². The van der Waals surface area contributed by atoms with Crippen molar-refractivity contribution in [2.45, 2.75) is 13.0 Å². The minimum atomic E-state index is 0.456. The first-order chi connectivity index (χ1) is 20.6. The Balaban J connectivity index is 1.30. The van der Waals surface area contributed by atoms with Crippen molar-refractivity contribution in [2.75, 3.05) is 33.1 Å². The van der Waals surface area contributed by atoms with Crippen LogP contribution in [0.15, 0.2) is 96.6 Å². The first-order valence-corrected chi connectivity index (χ1v) is 14.6. The standard InChI is InChI=1S/C33H32N6O2S/c1-38(2)17-15-23-10-7-11-26(20-23)35-32-34-16-14-27(36-32)31-30(37-33-39(31)18-19-42-33)25-12-13-28(29(21-25)40-3)41-22-24-8-5-4-6-9-24/h4-14,16,18-21H,15,17,22H2,1-3H3,(H,34,35,36). The topological polar surface area (TPSA) is 76.8 Å². The van der Waals surface area contributed by atoms with Crippen molar-refractivity contribution in [3.05, 3.63) is 108 Å². The number of imidazole rings is 1. The molecule has 0 spiro atoms. The van der Waals surface area contributed by atoms with E-state index in [1.807, 2.05) is 72.2 Å².